The Morgan fingerprint density at radius 2 is 2.28 bits per heavy atom. The molecule has 18 heavy (non-hydrogen) atoms. The van der Waals surface area contributed by atoms with Crippen LogP contribution in [0.5, 0.6) is 5.88 Å². The number of nitrogens with zero attached hydrogens (tertiary/aromatic N) is 3. The van der Waals surface area contributed by atoms with Gasteiger partial charge in [-0.2, -0.15) is 4.98 Å². The van der Waals surface area contributed by atoms with Crippen molar-refractivity contribution >= 4 is 11.9 Å². The summed E-state index contributed by atoms with van der Waals surface area (Å²) in [5, 5.41) is 3.02. The second-order valence-electron chi connectivity index (χ2n) is 4.78. The first-order valence-electron chi connectivity index (χ1n) is 6.18. The molecule has 0 atom stereocenters. The van der Waals surface area contributed by atoms with E-state index in [1.54, 1.807) is 19.4 Å². The quantitative estimate of drug-likeness (QED) is 0.824. The molecule has 0 unspecified atom stereocenters. The van der Waals surface area contributed by atoms with Crippen molar-refractivity contribution in [3.05, 3.63) is 12.3 Å². The van der Waals surface area contributed by atoms with Crippen LogP contribution in [-0.2, 0) is 4.79 Å². The summed E-state index contributed by atoms with van der Waals surface area (Å²) in [7, 11) is 1.58. The van der Waals surface area contributed by atoms with Gasteiger partial charge in [0.2, 0.25) is 17.7 Å². The van der Waals surface area contributed by atoms with Crippen molar-refractivity contribution < 1.29 is 9.53 Å². The highest BCUT2D eigenvalue weighted by molar-refractivity contribution is 5.82. The maximum Gasteiger partial charge on any atom is 0.228 e. The molecule has 1 saturated heterocycles. The summed E-state index contributed by atoms with van der Waals surface area (Å²) in [6.07, 6.45) is 3.92. The normalized spacial score (nSPS) is 19.3. The molecule has 1 saturated carbocycles. The first-order chi connectivity index (χ1) is 8.76. The summed E-state index contributed by atoms with van der Waals surface area (Å²) in [6, 6.07) is 2.14. The molecule has 2 fully saturated rings. The third kappa shape index (κ3) is 2.23. The van der Waals surface area contributed by atoms with Crippen molar-refractivity contribution in [3.8, 4) is 5.88 Å². The molecule has 1 N–H and O–H groups in total. The molecule has 2 aliphatic rings. The van der Waals surface area contributed by atoms with Gasteiger partial charge in [0.05, 0.1) is 13.0 Å². The van der Waals surface area contributed by atoms with Gasteiger partial charge in [0.1, 0.15) is 0 Å². The molecule has 6 nitrogen and oxygen atoms in total. The van der Waals surface area contributed by atoms with Crippen molar-refractivity contribution in [1.82, 2.24) is 15.3 Å². The molecule has 6 heteroatoms. The fourth-order valence-corrected chi connectivity index (χ4v) is 1.95. The lowest BCUT2D eigenvalue weighted by molar-refractivity contribution is -0.125. The van der Waals surface area contributed by atoms with Crippen LogP contribution in [0.1, 0.15) is 12.8 Å². The molecule has 0 bridgehead atoms. The minimum atomic E-state index is 0.0698. The van der Waals surface area contributed by atoms with Gasteiger partial charge in [-0.3, -0.25) is 4.79 Å². The molecule has 96 valence electrons. The number of anilines is 1. The number of amides is 1. The largest absolute Gasteiger partial charge is 0.481 e. The molecular weight excluding hydrogens is 232 g/mol. The van der Waals surface area contributed by atoms with Crippen molar-refractivity contribution in [2.45, 2.75) is 18.9 Å². The molecular formula is C12H16N4O2. The average molecular weight is 248 g/mol. The lowest BCUT2D eigenvalue weighted by Crippen LogP contribution is -2.54. The lowest BCUT2D eigenvalue weighted by atomic mass is 10.00. The van der Waals surface area contributed by atoms with Gasteiger partial charge in [0.15, 0.2) is 0 Å². The lowest BCUT2D eigenvalue weighted by Gasteiger charge is -2.38. The van der Waals surface area contributed by atoms with E-state index in [0.717, 1.165) is 12.8 Å². The van der Waals surface area contributed by atoms with Gasteiger partial charge < -0.3 is 15.0 Å². The fourth-order valence-electron chi connectivity index (χ4n) is 1.95. The first kappa shape index (κ1) is 11.3. The van der Waals surface area contributed by atoms with E-state index in [4.69, 9.17) is 4.74 Å². The Balaban J connectivity index is 1.55. The van der Waals surface area contributed by atoms with Crippen LogP contribution in [0.15, 0.2) is 12.3 Å². The highest BCUT2D eigenvalue weighted by Crippen LogP contribution is 2.24. The monoisotopic (exact) mass is 248 g/mol. The van der Waals surface area contributed by atoms with Crippen molar-refractivity contribution in [2.75, 3.05) is 25.1 Å². The predicted octanol–water partition coefficient (Wildman–Crippen LogP) is 0.200. The number of hydrogen-bond donors (Lipinski definition) is 1. The second-order valence-corrected chi connectivity index (χ2v) is 4.78. The van der Waals surface area contributed by atoms with E-state index in [-0.39, 0.29) is 11.8 Å². The van der Waals surface area contributed by atoms with Crippen molar-refractivity contribution in [3.63, 3.8) is 0 Å². The van der Waals surface area contributed by atoms with Gasteiger partial charge in [-0.15, -0.1) is 0 Å². The van der Waals surface area contributed by atoms with Crippen LogP contribution >= 0.6 is 0 Å². The summed E-state index contributed by atoms with van der Waals surface area (Å²) >= 11 is 0. The molecule has 1 aliphatic carbocycles. The number of carbonyl (C=O) groups excluding carboxylic acids is 1. The maximum atomic E-state index is 11.8. The third-order valence-corrected chi connectivity index (χ3v) is 3.29. The van der Waals surface area contributed by atoms with E-state index < -0.39 is 0 Å². The summed E-state index contributed by atoms with van der Waals surface area (Å²) in [6.45, 7) is 1.37. The van der Waals surface area contributed by atoms with Crippen LogP contribution in [0.4, 0.5) is 5.95 Å². The topological polar surface area (TPSA) is 67.3 Å². The summed E-state index contributed by atoms with van der Waals surface area (Å²) in [5.41, 5.74) is 0. The fraction of sp³-hybridized carbons (Fsp3) is 0.583. The number of rotatable bonds is 4. The van der Waals surface area contributed by atoms with Crippen LogP contribution in [0.2, 0.25) is 0 Å². The zero-order chi connectivity index (χ0) is 12.5. The smallest absolute Gasteiger partial charge is 0.228 e. The minimum absolute atomic E-state index is 0.0698. The number of aromatic nitrogens is 2. The Hall–Kier alpha value is -1.85. The highest BCUT2D eigenvalue weighted by Gasteiger charge is 2.36. The Bertz CT molecular complexity index is 455. The number of hydrogen-bond acceptors (Lipinski definition) is 5. The molecule has 0 aromatic carbocycles. The van der Waals surface area contributed by atoms with Gasteiger partial charge >= 0.3 is 0 Å². The van der Waals surface area contributed by atoms with Gasteiger partial charge in [0, 0.05) is 31.4 Å². The number of methoxy groups -OCH3 is 1. The Morgan fingerprint density at radius 3 is 2.94 bits per heavy atom. The zero-order valence-corrected chi connectivity index (χ0v) is 10.3. The molecule has 0 radical (unpaired) electrons. The van der Waals surface area contributed by atoms with E-state index >= 15 is 0 Å². The number of carbonyl (C=O) groups is 1. The van der Waals surface area contributed by atoms with E-state index in [1.807, 2.05) is 4.90 Å². The van der Waals surface area contributed by atoms with Crippen LogP contribution in [0.3, 0.4) is 0 Å². The second kappa shape index (κ2) is 4.44. The Morgan fingerprint density at radius 1 is 1.50 bits per heavy atom. The van der Waals surface area contributed by atoms with Crippen LogP contribution < -0.4 is 15.0 Å². The number of nitrogens with one attached hydrogen (secondary N) is 1. The molecule has 1 aromatic heterocycles. The maximum absolute atomic E-state index is 11.8. The Labute approximate surface area is 105 Å². The summed E-state index contributed by atoms with van der Waals surface area (Å²) in [4.78, 5) is 22.2. The Kier molecular flexibility index (Phi) is 2.77. The summed E-state index contributed by atoms with van der Waals surface area (Å²) in [5.74, 6) is 1.41. The predicted molar refractivity (Wildman–Crippen MR) is 65.5 cm³/mol. The zero-order valence-electron chi connectivity index (χ0n) is 10.3. The minimum Gasteiger partial charge on any atom is -0.481 e. The molecule has 1 amide bonds. The van der Waals surface area contributed by atoms with E-state index in [9.17, 15) is 4.79 Å². The average Bonchev–Trinajstić information content (AvgIpc) is 3.11. The molecule has 1 aromatic rings. The van der Waals surface area contributed by atoms with E-state index in [2.05, 4.69) is 15.3 Å². The van der Waals surface area contributed by atoms with Crippen LogP contribution in [0.25, 0.3) is 0 Å². The van der Waals surface area contributed by atoms with Crippen LogP contribution in [0, 0.1) is 5.92 Å². The van der Waals surface area contributed by atoms with Crippen LogP contribution in [-0.4, -0.2) is 42.1 Å². The SMILES string of the molecule is COc1ccnc(N2CC(C(=O)NC3CC3)C2)n1. The number of ether oxygens (including phenoxy) is 1. The summed E-state index contributed by atoms with van der Waals surface area (Å²) < 4.78 is 5.05. The van der Waals surface area contributed by atoms with Crippen molar-refractivity contribution in [2.24, 2.45) is 5.92 Å². The highest BCUT2D eigenvalue weighted by atomic mass is 16.5. The molecule has 2 heterocycles. The van der Waals surface area contributed by atoms with E-state index in [1.165, 1.54) is 0 Å². The van der Waals surface area contributed by atoms with Gasteiger partial charge in [-0.25, -0.2) is 4.98 Å². The molecule has 1 aliphatic heterocycles. The van der Waals surface area contributed by atoms with Gasteiger partial charge in [0.25, 0.3) is 0 Å². The van der Waals surface area contributed by atoms with Crippen molar-refractivity contribution in [1.29, 1.82) is 0 Å². The third-order valence-electron chi connectivity index (χ3n) is 3.29. The first-order valence-corrected chi connectivity index (χ1v) is 6.18. The molecule has 0 spiro atoms. The van der Waals surface area contributed by atoms with Gasteiger partial charge in [-0.1, -0.05) is 0 Å². The van der Waals surface area contributed by atoms with Gasteiger partial charge in [-0.05, 0) is 12.8 Å². The molecule has 3 rings (SSSR count). The standard InChI is InChI=1S/C12H16N4O2/c1-18-10-4-5-13-12(15-10)16-6-8(7-16)11(17)14-9-2-3-9/h4-5,8-9H,2-3,6-7H2,1H3,(H,14,17). The van der Waals surface area contributed by atoms with E-state index in [0.29, 0.717) is 31.0 Å².